The molecule has 0 radical (unpaired) electrons. The molecule has 100 valence electrons. The topological polar surface area (TPSA) is 69.9 Å². The van der Waals surface area contributed by atoms with Gasteiger partial charge >= 0.3 is 0 Å². The minimum atomic E-state index is -1.77. The van der Waals surface area contributed by atoms with E-state index in [1.54, 1.807) is 24.3 Å². The van der Waals surface area contributed by atoms with Gasteiger partial charge in [0.1, 0.15) is 23.3 Å². The normalized spacial score (nSPS) is 23.8. The Morgan fingerprint density at radius 2 is 1.89 bits per heavy atom. The predicted octanol–water partition coefficient (Wildman–Crippen LogP) is 2.33. The van der Waals surface area contributed by atoms with E-state index < -0.39 is 6.08 Å². The zero-order valence-corrected chi connectivity index (χ0v) is 10.5. The Kier molecular flexibility index (Phi) is 3.51. The molecule has 1 atom stereocenters. The highest BCUT2D eigenvalue weighted by atomic mass is 16.5. The average molecular weight is 261 g/mol. The summed E-state index contributed by atoms with van der Waals surface area (Å²) in [5.74, 6) is 0.145. The predicted molar refractivity (Wildman–Crippen MR) is 72.6 cm³/mol. The van der Waals surface area contributed by atoms with E-state index in [1.807, 2.05) is 0 Å². The Balaban J connectivity index is 2.20. The molecule has 1 aliphatic carbocycles. The van der Waals surface area contributed by atoms with Gasteiger partial charge in [-0.2, -0.15) is 0 Å². The smallest absolute Gasteiger partial charge is 0.124 e. The van der Waals surface area contributed by atoms with Crippen molar-refractivity contribution in [1.29, 1.82) is 0 Å². The highest BCUT2D eigenvalue weighted by molar-refractivity contribution is 5.57. The Hall–Kier alpha value is -2.20. The lowest BCUT2D eigenvalue weighted by Crippen LogP contribution is -2.14. The van der Waals surface area contributed by atoms with Gasteiger partial charge in [0.15, 0.2) is 0 Å². The first kappa shape index (κ1) is 11.9. The lowest BCUT2D eigenvalue weighted by Gasteiger charge is -2.17. The van der Waals surface area contributed by atoms with Crippen molar-refractivity contribution in [3.05, 3.63) is 53.3 Å². The summed E-state index contributed by atoms with van der Waals surface area (Å²) in [5.41, 5.74) is 1.37. The van der Waals surface area contributed by atoms with Crippen LogP contribution in [-0.2, 0) is 4.74 Å². The van der Waals surface area contributed by atoms with Crippen molar-refractivity contribution in [2.24, 2.45) is 0 Å². The van der Waals surface area contributed by atoms with Crippen LogP contribution in [0, 0.1) is 0 Å². The Labute approximate surface area is 113 Å². The van der Waals surface area contributed by atoms with Crippen LogP contribution in [0.1, 0.15) is 13.4 Å². The second kappa shape index (κ2) is 5.63. The first-order valence-electron chi connectivity index (χ1n) is 6.29. The lowest BCUT2D eigenvalue weighted by atomic mass is 10.00. The number of phenolic OH excluding ortho intramolecular Hbond substituents is 2. The van der Waals surface area contributed by atoms with Crippen molar-refractivity contribution in [1.82, 2.24) is 0 Å². The highest BCUT2D eigenvalue weighted by Crippen LogP contribution is 2.24. The van der Waals surface area contributed by atoms with E-state index in [4.69, 9.17) is 6.11 Å². The zero-order valence-electron chi connectivity index (χ0n) is 11.5. The van der Waals surface area contributed by atoms with Crippen molar-refractivity contribution in [2.75, 3.05) is 7.11 Å². The summed E-state index contributed by atoms with van der Waals surface area (Å²) in [4.78, 5) is 0. The number of aliphatic hydroxyl groups is 1. The van der Waals surface area contributed by atoms with E-state index in [1.165, 1.54) is 25.3 Å². The molecule has 1 unspecified atom stereocenters. The van der Waals surface area contributed by atoms with Gasteiger partial charge in [-0.3, -0.25) is 0 Å². The lowest BCUT2D eigenvalue weighted by molar-refractivity contribution is 0.127. The maximum Gasteiger partial charge on any atom is 0.124 e. The third-order valence-electron chi connectivity index (χ3n) is 2.74. The van der Waals surface area contributed by atoms with Gasteiger partial charge in [-0.1, -0.05) is 18.2 Å². The maximum atomic E-state index is 9.91. The summed E-state index contributed by atoms with van der Waals surface area (Å²) in [6.45, 7) is 0. The molecule has 19 heavy (non-hydrogen) atoms. The van der Waals surface area contributed by atoms with Crippen molar-refractivity contribution in [3.63, 3.8) is 0 Å². The van der Waals surface area contributed by atoms with E-state index in [0.29, 0.717) is 5.56 Å². The van der Waals surface area contributed by atoms with Crippen LogP contribution in [0.4, 0.5) is 0 Å². The third kappa shape index (κ3) is 3.39. The standard InChI is InChI=1S/C15H16O4/c1-19-15-5-4-10(8-14(15)18)2-3-11-6-12(16)9-13(17)7-11/h2-7,9,14,16-18H,8H2,1H3/i14D. The molecule has 2 rings (SSSR count). The maximum absolute atomic E-state index is 9.91. The van der Waals surface area contributed by atoms with Gasteiger partial charge < -0.3 is 20.1 Å². The molecule has 0 heterocycles. The average Bonchev–Trinajstić information content (AvgIpc) is 2.34. The summed E-state index contributed by atoms with van der Waals surface area (Å²) in [7, 11) is 1.41. The molecule has 0 saturated heterocycles. The van der Waals surface area contributed by atoms with Crippen LogP contribution in [0.3, 0.4) is 0 Å². The highest BCUT2D eigenvalue weighted by Gasteiger charge is 2.15. The van der Waals surface area contributed by atoms with Crippen LogP contribution in [-0.4, -0.2) is 28.5 Å². The third-order valence-corrected chi connectivity index (χ3v) is 2.74. The number of phenols is 2. The molecule has 0 fully saturated rings. The van der Waals surface area contributed by atoms with Gasteiger partial charge in [0, 0.05) is 12.5 Å². The molecule has 0 spiro atoms. The molecule has 4 heteroatoms. The van der Waals surface area contributed by atoms with Crippen molar-refractivity contribution < 1.29 is 21.4 Å². The van der Waals surface area contributed by atoms with Gasteiger partial charge in [0.25, 0.3) is 0 Å². The first-order chi connectivity index (χ1) is 9.40. The minimum absolute atomic E-state index is 0.0270. The van der Waals surface area contributed by atoms with Gasteiger partial charge in [-0.15, -0.1) is 0 Å². The summed E-state index contributed by atoms with van der Waals surface area (Å²) in [6, 6.07) is 4.25. The number of methoxy groups -OCH3 is 1. The molecule has 0 aliphatic heterocycles. The van der Waals surface area contributed by atoms with Gasteiger partial charge in [-0.25, -0.2) is 0 Å². The van der Waals surface area contributed by atoms with Gasteiger partial charge in [0.2, 0.25) is 0 Å². The van der Waals surface area contributed by atoms with Crippen LogP contribution in [0.25, 0.3) is 6.08 Å². The number of hydrogen-bond acceptors (Lipinski definition) is 4. The summed E-state index contributed by atoms with van der Waals surface area (Å²) < 4.78 is 12.7. The summed E-state index contributed by atoms with van der Waals surface area (Å²) in [5, 5.41) is 28.7. The van der Waals surface area contributed by atoms with E-state index in [2.05, 4.69) is 0 Å². The Bertz CT molecular complexity index is 580. The SMILES string of the molecule is [2H]C1(O)CC(C=Cc2cc(O)cc(O)c2)=CC=C1OC. The molecule has 0 amide bonds. The van der Waals surface area contributed by atoms with Crippen LogP contribution in [0.5, 0.6) is 11.5 Å². The minimum Gasteiger partial charge on any atom is -0.508 e. The molecule has 3 N–H and O–H groups in total. The molecule has 0 saturated carbocycles. The second-order valence-corrected chi connectivity index (χ2v) is 4.22. The van der Waals surface area contributed by atoms with Crippen LogP contribution >= 0.6 is 0 Å². The van der Waals surface area contributed by atoms with Crippen molar-refractivity contribution in [2.45, 2.75) is 12.5 Å². The zero-order chi connectivity index (χ0) is 14.8. The second-order valence-electron chi connectivity index (χ2n) is 4.22. The fourth-order valence-electron chi connectivity index (χ4n) is 1.84. The largest absolute Gasteiger partial charge is 0.508 e. The Morgan fingerprint density at radius 3 is 2.47 bits per heavy atom. The molecule has 4 nitrogen and oxygen atoms in total. The monoisotopic (exact) mass is 261 g/mol. The molecule has 1 aromatic carbocycles. The van der Waals surface area contributed by atoms with E-state index in [-0.39, 0.29) is 23.7 Å². The van der Waals surface area contributed by atoms with E-state index in [9.17, 15) is 15.3 Å². The molecule has 1 aromatic rings. The number of benzene rings is 1. The molecule has 0 bridgehead atoms. The van der Waals surface area contributed by atoms with E-state index in [0.717, 1.165) is 5.57 Å². The molecule has 0 aromatic heterocycles. The Morgan fingerprint density at radius 1 is 1.21 bits per heavy atom. The quantitative estimate of drug-likeness (QED) is 0.781. The van der Waals surface area contributed by atoms with Gasteiger partial charge in [-0.05, 0) is 29.3 Å². The summed E-state index contributed by atoms with van der Waals surface area (Å²) >= 11 is 0. The number of ether oxygens (including phenoxy) is 1. The number of hydrogen-bond donors (Lipinski definition) is 3. The van der Waals surface area contributed by atoms with Crippen LogP contribution in [0.15, 0.2) is 47.8 Å². The van der Waals surface area contributed by atoms with E-state index >= 15 is 0 Å². The van der Waals surface area contributed by atoms with Crippen molar-refractivity contribution in [3.8, 4) is 11.5 Å². The summed E-state index contributed by atoms with van der Waals surface area (Å²) in [6.07, 6.45) is 5.04. The number of rotatable bonds is 3. The fraction of sp³-hybridized carbons (Fsp3) is 0.200. The molecule has 1 aliphatic rings. The van der Waals surface area contributed by atoms with Crippen LogP contribution < -0.4 is 0 Å². The molecular weight excluding hydrogens is 244 g/mol. The van der Waals surface area contributed by atoms with Gasteiger partial charge in [0.05, 0.1) is 8.48 Å². The molecular formula is C15H16O4. The van der Waals surface area contributed by atoms with Crippen LogP contribution in [0.2, 0.25) is 0 Å². The fourth-order valence-corrected chi connectivity index (χ4v) is 1.84. The number of aromatic hydroxyl groups is 2. The first-order valence-corrected chi connectivity index (χ1v) is 5.79. The van der Waals surface area contributed by atoms with Crippen molar-refractivity contribution >= 4 is 6.08 Å². The number of allylic oxidation sites excluding steroid dienone is 3.